The monoisotopic (exact) mass is 237 g/mol. The summed E-state index contributed by atoms with van der Waals surface area (Å²) in [6, 6.07) is 0. The van der Waals surface area contributed by atoms with E-state index < -0.39 is 0 Å². The minimum absolute atomic E-state index is 0.786. The lowest BCUT2D eigenvalue weighted by Gasteiger charge is -2.51. The lowest BCUT2D eigenvalue weighted by Crippen LogP contribution is -2.56. The van der Waals surface area contributed by atoms with E-state index in [1.54, 1.807) is 0 Å². The van der Waals surface area contributed by atoms with Gasteiger partial charge in [-0.3, -0.25) is 0 Å². The Morgan fingerprint density at radius 1 is 1.12 bits per heavy atom. The van der Waals surface area contributed by atoms with Crippen LogP contribution in [0.1, 0.15) is 45.4 Å². The zero-order valence-electron chi connectivity index (χ0n) is 11.3. The average molecular weight is 237 g/mol. The molecule has 0 unspecified atom stereocenters. The van der Waals surface area contributed by atoms with Crippen molar-refractivity contribution in [2.75, 3.05) is 32.8 Å². The lowest BCUT2D eigenvalue weighted by atomic mass is 9.72. The van der Waals surface area contributed by atoms with Gasteiger partial charge in [0.15, 0.2) is 0 Å². The molecule has 3 aliphatic rings. The third kappa shape index (κ3) is 2.53. The molecule has 17 heavy (non-hydrogen) atoms. The molecule has 0 radical (unpaired) electrons. The zero-order chi connectivity index (χ0) is 11.7. The minimum atomic E-state index is 0.786. The van der Waals surface area contributed by atoms with Gasteiger partial charge < -0.3 is 9.64 Å². The molecule has 0 atom stereocenters. The Labute approximate surface area is 106 Å². The Kier molecular flexibility index (Phi) is 3.45. The second kappa shape index (κ2) is 4.89. The van der Waals surface area contributed by atoms with E-state index in [9.17, 15) is 0 Å². The molecular formula is C15H27NO. The van der Waals surface area contributed by atoms with Crippen LogP contribution in [-0.4, -0.2) is 37.7 Å². The largest absolute Gasteiger partial charge is 0.381 e. The van der Waals surface area contributed by atoms with Gasteiger partial charge in [0.25, 0.3) is 0 Å². The lowest BCUT2D eigenvalue weighted by molar-refractivity contribution is -0.0316. The summed E-state index contributed by atoms with van der Waals surface area (Å²) in [6.07, 6.45) is 8.86. The maximum Gasteiger partial charge on any atom is 0.0494 e. The van der Waals surface area contributed by atoms with Crippen LogP contribution in [0.5, 0.6) is 0 Å². The van der Waals surface area contributed by atoms with Crippen LogP contribution in [0.2, 0.25) is 0 Å². The van der Waals surface area contributed by atoms with Gasteiger partial charge in [-0.05, 0) is 49.9 Å². The predicted molar refractivity (Wildman–Crippen MR) is 70.0 cm³/mol. The highest BCUT2D eigenvalue weighted by molar-refractivity contribution is 4.99. The fraction of sp³-hybridized carbons (Fsp3) is 1.00. The first-order chi connectivity index (χ1) is 8.30. The van der Waals surface area contributed by atoms with Crippen molar-refractivity contribution in [2.24, 2.45) is 17.3 Å². The smallest absolute Gasteiger partial charge is 0.0494 e. The molecule has 0 bridgehead atoms. The van der Waals surface area contributed by atoms with Crippen molar-refractivity contribution in [1.82, 2.24) is 4.90 Å². The molecular weight excluding hydrogens is 210 g/mol. The zero-order valence-corrected chi connectivity index (χ0v) is 11.3. The van der Waals surface area contributed by atoms with Gasteiger partial charge in [-0.2, -0.15) is 0 Å². The van der Waals surface area contributed by atoms with Gasteiger partial charge in [-0.15, -0.1) is 0 Å². The molecule has 0 aromatic carbocycles. The molecule has 0 aromatic rings. The van der Waals surface area contributed by atoms with E-state index in [1.807, 2.05) is 0 Å². The van der Waals surface area contributed by atoms with Gasteiger partial charge in [0.2, 0.25) is 0 Å². The van der Waals surface area contributed by atoms with Crippen LogP contribution in [0.15, 0.2) is 0 Å². The van der Waals surface area contributed by atoms with Crippen LogP contribution < -0.4 is 0 Å². The summed E-state index contributed by atoms with van der Waals surface area (Å²) >= 11 is 0. The number of hydrogen-bond donors (Lipinski definition) is 0. The molecule has 3 fully saturated rings. The number of likely N-dealkylation sites (tertiary alicyclic amines) is 1. The number of nitrogens with zero attached hydrogens (tertiary/aromatic N) is 1. The Balaban J connectivity index is 1.30. The van der Waals surface area contributed by atoms with Crippen molar-refractivity contribution >= 4 is 0 Å². The van der Waals surface area contributed by atoms with Crippen LogP contribution >= 0.6 is 0 Å². The molecule has 2 aliphatic carbocycles. The minimum Gasteiger partial charge on any atom is -0.381 e. The molecule has 0 aromatic heterocycles. The highest BCUT2D eigenvalue weighted by Crippen LogP contribution is 2.46. The van der Waals surface area contributed by atoms with Crippen molar-refractivity contribution in [3.8, 4) is 0 Å². The molecule has 0 amide bonds. The van der Waals surface area contributed by atoms with Crippen molar-refractivity contribution in [2.45, 2.75) is 45.4 Å². The highest BCUT2D eigenvalue weighted by Gasteiger charge is 2.45. The molecule has 1 saturated heterocycles. The molecule has 1 heterocycles. The van der Waals surface area contributed by atoms with Crippen molar-refractivity contribution < 1.29 is 4.74 Å². The predicted octanol–water partition coefficient (Wildman–Crippen LogP) is 2.93. The normalized spacial score (nSPS) is 35.8. The Bertz CT molecular complexity index is 246. The van der Waals surface area contributed by atoms with Crippen LogP contribution in [0.4, 0.5) is 0 Å². The van der Waals surface area contributed by atoms with Crippen molar-refractivity contribution in [1.29, 1.82) is 0 Å². The van der Waals surface area contributed by atoms with E-state index in [1.165, 1.54) is 58.2 Å². The van der Waals surface area contributed by atoms with E-state index in [4.69, 9.17) is 4.74 Å². The first kappa shape index (κ1) is 12.0. The Hall–Kier alpha value is -0.0800. The fourth-order valence-electron chi connectivity index (χ4n) is 4.28. The molecule has 1 aliphatic heterocycles. The third-order valence-corrected chi connectivity index (χ3v) is 5.19. The quantitative estimate of drug-likeness (QED) is 0.729. The second-order valence-electron chi connectivity index (χ2n) is 6.74. The molecule has 2 heteroatoms. The second-order valence-corrected chi connectivity index (χ2v) is 6.74. The van der Waals surface area contributed by atoms with Crippen molar-refractivity contribution in [3.05, 3.63) is 0 Å². The summed E-state index contributed by atoms with van der Waals surface area (Å²) in [6.45, 7) is 8.20. The molecule has 1 spiro atoms. The highest BCUT2D eigenvalue weighted by atomic mass is 16.5. The van der Waals surface area contributed by atoms with Crippen LogP contribution in [-0.2, 0) is 4.74 Å². The fourth-order valence-corrected chi connectivity index (χ4v) is 4.28. The van der Waals surface area contributed by atoms with Crippen LogP contribution in [0, 0.1) is 17.3 Å². The number of rotatable bonds is 5. The Morgan fingerprint density at radius 3 is 2.47 bits per heavy atom. The Morgan fingerprint density at radius 2 is 1.82 bits per heavy atom. The van der Waals surface area contributed by atoms with E-state index in [-0.39, 0.29) is 0 Å². The first-order valence-corrected chi connectivity index (χ1v) is 7.60. The molecule has 2 saturated carbocycles. The van der Waals surface area contributed by atoms with Gasteiger partial charge in [0, 0.05) is 32.8 Å². The van der Waals surface area contributed by atoms with E-state index in [2.05, 4.69) is 11.8 Å². The SMILES string of the molecule is CCOCC1CC(CN2CC3(CCCC3)C2)C1. The van der Waals surface area contributed by atoms with Crippen LogP contribution in [0.25, 0.3) is 0 Å². The van der Waals surface area contributed by atoms with Gasteiger partial charge in [-0.1, -0.05) is 12.8 Å². The molecule has 0 N–H and O–H groups in total. The third-order valence-electron chi connectivity index (χ3n) is 5.19. The van der Waals surface area contributed by atoms with E-state index in [0.717, 1.165) is 30.5 Å². The van der Waals surface area contributed by atoms with Gasteiger partial charge in [0.05, 0.1) is 0 Å². The van der Waals surface area contributed by atoms with Crippen LogP contribution in [0.3, 0.4) is 0 Å². The van der Waals surface area contributed by atoms with E-state index >= 15 is 0 Å². The maximum absolute atomic E-state index is 5.49. The topological polar surface area (TPSA) is 12.5 Å². The number of hydrogen-bond acceptors (Lipinski definition) is 2. The molecule has 98 valence electrons. The summed E-state index contributed by atoms with van der Waals surface area (Å²) in [4.78, 5) is 2.72. The molecule has 3 rings (SSSR count). The molecule has 2 nitrogen and oxygen atoms in total. The average Bonchev–Trinajstić information content (AvgIpc) is 2.69. The standard InChI is InChI=1S/C15H27NO/c1-2-17-10-14-7-13(8-14)9-16-11-15(12-16)5-3-4-6-15/h13-14H,2-12H2,1H3. The first-order valence-electron chi connectivity index (χ1n) is 7.60. The summed E-state index contributed by atoms with van der Waals surface area (Å²) in [5.74, 6) is 1.86. The van der Waals surface area contributed by atoms with Gasteiger partial charge in [0.1, 0.15) is 0 Å². The van der Waals surface area contributed by atoms with E-state index in [0.29, 0.717) is 0 Å². The van der Waals surface area contributed by atoms with Crippen molar-refractivity contribution in [3.63, 3.8) is 0 Å². The summed E-state index contributed by atoms with van der Waals surface area (Å²) in [7, 11) is 0. The summed E-state index contributed by atoms with van der Waals surface area (Å²) < 4.78 is 5.49. The summed E-state index contributed by atoms with van der Waals surface area (Å²) in [5, 5.41) is 0. The van der Waals surface area contributed by atoms with Gasteiger partial charge in [-0.25, -0.2) is 0 Å². The number of ether oxygens (including phenoxy) is 1. The summed E-state index contributed by atoms with van der Waals surface area (Å²) in [5.41, 5.74) is 0.786. The maximum atomic E-state index is 5.49. The van der Waals surface area contributed by atoms with Gasteiger partial charge >= 0.3 is 0 Å².